The van der Waals surface area contributed by atoms with Crippen molar-refractivity contribution in [3.05, 3.63) is 58.3 Å². The zero-order valence-electron chi connectivity index (χ0n) is 11.7. The van der Waals surface area contributed by atoms with Crippen LogP contribution in [-0.2, 0) is 4.79 Å². The third-order valence-corrected chi connectivity index (χ3v) is 3.52. The molecule has 1 atom stereocenters. The fourth-order valence-electron chi connectivity index (χ4n) is 2.02. The average Bonchev–Trinajstić information content (AvgIpc) is 2.44. The molecule has 1 aromatic carbocycles. The Morgan fingerprint density at radius 3 is 2.67 bits per heavy atom. The molecule has 0 spiro atoms. The molecule has 0 aliphatic rings. The van der Waals surface area contributed by atoms with E-state index in [0.717, 1.165) is 5.56 Å². The number of nitrogens with zero attached hydrogens (tertiary/aromatic N) is 2. The van der Waals surface area contributed by atoms with E-state index in [1.54, 1.807) is 36.7 Å². The maximum atomic E-state index is 12.5. The van der Waals surface area contributed by atoms with Gasteiger partial charge in [0.05, 0.1) is 10.7 Å². The molecule has 2 rings (SSSR count). The molecule has 21 heavy (non-hydrogen) atoms. The molecule has 4 nitrogen and oxygen atoms in total. The first kappa shape index (κ1) is 15.8. The largest absolute Gasteiger partial charge is 0.323 e. The van der Waals surface area contributed by atoms with Gasteiger partial charge in [-0.15, -0.1) is 0 Å². The molecule has 0 saturated carbocycles. The van der Waals surface area contributed by atoms with Crippen molar-refractivity contribution in [1.82, 2.24) is 9.88 Å². The second-order valence-electron chi connectivity index (χ2n) is 4.77. The van der Waals surface area contributed by atoms with Gasteiger partial charge in [0.2, 0.25) is 5.91 Å². The third-order valence-electron chi connectivity index (χ3n) is 2.95. The van der Waals surface area contributed by atoms with E-state index in [1.807, 2.05) is 25.1 Å². The van der Waals surface area contributed by atoms with Gasteiger partial charge in [-0.1, -0.05) is 29.3 Å². The number of benzene rings is 1. The summed E-state index contributed by atoms with van der Waals surface area (Å²) in [7, 11) is 3.66. The van der Waals surface area contributed by atoms with Crippen LogP contribution in [0.3, 0.4) is 0 Å². The van der Waals surface area contributed by atoms with Gasteiger partial charge in [-0.2, -0.15) is 0 Å². The highest BCUT2D eigenvalue weighted by molar-refractivity contribution is 6.35. The van der Waals surface area contributed by atoms with E-state index in [-0.39, 0.29) is 5.91 Å². The number of hydrogen-bond acceptors (Lipinski definition) is 3. The molecule has 1 N–H and O–H groups in total. The topological polar surface area (TPSA) is 45.2 Å². The summed E-state index contributed by atoms with van der Waals surface area (Å²) >= 11 is 12.0. The van der Waals surface area contributed by atoms with Crippen LogP contribution in [0.15, 0.2) is 42.7 Å². The van der Waals surface area contributed by atoms with Crippen molar-refractivity contribution in [3.63, 3.8) is 0 Å². The number of pyridine rings is 1. The Morgan fingerprint density at radius 1 is 1.29 bits per heavy atom. The number of likely N-dealkylation sites (N-methyl/N-ethyl adjacent to an activating group) is 1. The van der Waals surface area contributed by atoms with Gasteiger partial charge in [0.15, 0.2) is 0 Å². The smallest absolute Gasteiger partial charge is 0.246 e. The van der Waals surface area contributed by atoms with E-state index in [0.29, 0.717) is 15.7 Å². The van der Waals surface area contributed by atoms with Gasteiger partial charge in [0.1, 0.15) is 6.04 Å². The highest BCUT2D eigenvalue weighted by Gasteiger charge is 2.23. The van der Waals surface area contributed by atoms with Gasteiger partial charge in [-0.25, -0.2) is 0 Å². The predicted molar refractivity (Wildman–Crippen MR) is 85.8 cm³/mol. The van der Waals surface area contributed by atoms with E-state index in [2.05, 4.69) is 10.3 Å². The SMILES string of the molecule is CN(C)C(C(=O)Nc1cc(Cl)ccc1Cl)c1cccnc1. The van der Waals surface area contributed by atoms with Crippen molar-refractivity contribution in [2.75, 3.05) is 19.4 Å². The molecule has 1 unspecified atom stereocenters. The summed E-state index contributed by atoms with van der Waals surface area (Å²) in [6.07, 6.45) is 3.34. The fourth-order valence-corrected chi connectivity index (χ4v) is 2.35. The standard InChI is InChI=1S/C15H15Cl2N3O/c1-20(2)14(10-4-3-7-18-9-10)15(21)19-13-8-11(16)5-6-12(13)17/h3-9,14H,1-2H3,(H,19,21). The number of aromatic nitrogens is 1. The number of hydrogen-bond donors (Lipinski definition) is 1. The van der Waals surface area contributed by atoms with Gasteiger partial charge in [-0.3, -0.25) is 14.7 Å². The number of nitrogens with one attached hydrogen (secondary N) is 1. The van der Waals surface area contributed by atoms with Crippen LogP contribution in [0.5, 0.6) is 0 Å². The average molecular weight is 324 g/mol. The number of carbonyl (C=O) groups is 1. The Morgan fingerprint density at radius 2 is 2.05 bits per heavy atom. The van der Waals surface area contributed by atoms with Crippen molar-refractivity contribution < 1.29 is 4.79 Å². The molecule has 1 amide bonds. The van der Waals surface area contributed by atoms with Crippen molar-refractivity contribution in [1.29, 1.82) is 0 Å². The quantitative estimate of drug-likeness (QED) is 0.934. The Labute approximate surface area is 133 Å². The van der Waals surface area contributed by atoms with Crippen LogP contribution in [0.1, 0.15) is 11.6 Å². The van der Waals surface area contributed by atoms with E-state index >= 15 is 0 Å². The van der Waals surface area contributed by atoms with E-state index in [1.165, 1.54) is 0 Å². The number of halogens is 2. The van der Waals surface area contributed by atoms with Crippen molar-refractivity contribution in [2.24, 2.45) is 0 Å². The van der Waals surface area contributed by atoms with Crippen LogP contribution < -0.4 is 5.32 Å². The van der Waals surface area contributed by atoms with Crippen LogP contribution in [0.4, 0.5) is 5.69 Å². The summed E-state index contributed by atoms with van der Waals surface area (Å²) in [5.74, 6) is -0.197. The minimum absolute atomic E-state index is 0.197. The first-order valence-electron chi connectivity index (χ1n) is 6.31. The third kappa shape index (κ3) is 3.94. The lowest BCUT2D eigenvalue weighted by Gasteiger charge is -2.23. The number of anilines is 1. The molecular formula is C15H15Cl2N3O. The van der Waals surface area contributed by atoms with Crippen molar-refractivity contribution >= 4 is 34.8 Å². The Kier molecular flexibility index (Phi) is 5.17. The Balaban J connectivity index is 2.26. The zero-order chi connectivity index (χ0) is 15.4. The summed E-state index contributed by atoms with van der Waals surface area (Å²) < 4.78 is 0. The molecule has 2 aromatic rings. The van der Waals surface area contributed by atoms with Gasteiger partial charge >= 0.3 is 0 Å². The lowest BCUT2D eigenvalue weighted by Crippen LogP contribution is -2.32. The number of rotatable bonds is 4. The molecule has 0 aliphatic heterocycles. The molecule has 1 aromatic heterocycles. The fraction of sp³-hybridized carbons (Fsp3) is 0.200. The van der Waals surface area contributed by atoms with Crippen molar-refractivity contribution in [3.8, 4) is 0 Å². The summed E-state index contributed by atoms with van der Waals surface area (Å²) in [6.45, 7) is 0. The molecule has 0 radical (unpaired) electrons. The van der Waals surface area contributed by atoms with Crippen LogP contribution in [-0.4, -0.2) is 29.9 Å². The van der Waals surface area contributed by atoms with Gasteiger partial charge in [-0.05, 0) is 43.9 Å². The van der Waals surface area contributed by atoms with Gasteiger partial charge in [0, 0.05) is 17.4 Å². The molecule has 0 bridgehead atoms. The first-order valence-corrected chi connectivity index (χ1v) is 7.07. The summed E-state index contributed by atoms with van der Waals surface area (Å²) in [5, 5.41) is 3.76. The van der Waals surface area contributed by atoms with Crippen LogP contribution in [0.25, 0.3) is 0 Å². The summed E-state index contributed by atoms with van der Waals surface area (Å²) in [5.41, 5.74) is 1.29. The first-order chi connectivity index (χ1) is 9.99. The highest BCUT2D eigenvalue weighted by Crippen LogP contribution is 2.27. The van der Waals surface area contributed by atoms with E-state index < -0.39 is 6.04 Å². The Bertz CT molecular complexity index is 632. The second-order valence-corrected chi connectivity index (χ2v) is 5.61. The lowest BCUT2D eigenvalue weighted by atomic mass is 10.1. The van der Waals surface area contributed by atoms with Crippen LogP contribution in [0.2, 0.25) is 10.0 Å². The second kappa shape index (κ2) is 6.89. The van der Waals surface area contributed by atoms with Crippen molar-refractivity contribution in [2.45, 2.75) is 6.04 Å². The lowest BCUT2D eigenvalue weighted by molar-refractivity contribution is -0.120. The molecule has 1 heterocycles. The monoisotopic (exact) mass is 323 g/mol. The van der Waals surface area contributed by atoms with E-state index in [9.17, 15) is 4.79 Å². The molecular weight excluding hydrogens is 309 g/mol. The van der Waals surface area contributed by atoms with Gasteiger partial charge < -0.3 is 5.32 Å². The number of amides is 1. The predicted octanol–water partition coefficient (Wildman–Crippen LogP) is 3.63. The Hall–Kier alpha value is -1.62. The highest BCUT2D eigenvalue weighted by atomic mass is 35.5. The summed E-state index contributed by atoms with van der Waals surface area (Å²) in [6, 6.07) is 8.13. The number of carbonyl (C=O) groups excluding carboxylic acids is 1. The maximum Gasteiger partial charge on any atom is 0.246 e. The van der Waals surface area contributed by atoms with Crippen LogP contribution in [0, 0.1) is 0 Å². The minimum atomic E-state index is -0.464. The summed E-state index contributed by atoms with van der Waals surface area (Å²) in [4.78, 5) is 18.4. The molecule has 110 valence electrons. The van der Waals surface area contributed by atoms with Crippen LogP contribution >= 0.6 is 23.2 Å². The normalized spacial score (nSPS) is 12.2. The molecule has 0 aliphatic carbocycles. The molecule has 6 heteroatoms. The zero-order valence-corrected chi connectivity index (χ0v) is 13.2. The maximum absolute atomic E-state index is 12.5. The van der Waals surface area contributed by atoms with Gasteiger partial charge in [0.25, 0.3) is 0 Å². The van der Waals surface area contributed by atoms with E-state index in [4.69, 9.17) is 23.2 Å². The molecule has 0 fully saturated rings. The molecule has 0 saturated heterocycles. The minimum Gasteiger partial charge on any atom is -0.323 e.